The molecule has 1 aromatic heterocycles. The standard InChI is InChI=1S/C12H18ClN3S/c1-8(13)9-4-6-16(7-5-9)12-14-11(15-17-12)10-2-3-10/h8-10H,2-7H2,1H3. The number of alkyl halides is 1. The van der Waals surface area contributed by atoms with E-state index in [0.29, 0.717) is 17.2 Å². The van der Waals surface area contributed by atoms with Crippen LogP contribution in [-0.4, -0.2) is 27.8 Å². The van der Waals surface area contributed by atoms with E-state index >= 15 is 0 Å². The minimum absolute atomic E-state index is 0.300. The maximum atomic E-state index is 6.16. The quantitative estimate of drug-likeness (QED) is 0.790. The molecule has 0 spiro atoms. The fourth-order valence-corrected chi connectivity index (χ4v) is 3.46. The van der Waals surface area contributed by atoms with E-state index in [9.17, 15) is 0 Å². The summed E-state index contributed by atoms with van der Waals surface area (Å²) in [6.45, 7) is 4.28. The number of nitrogens with zero attached hydrogens (tertiary/aromatic N) is 3. The Morgan fingerprint density at radius 2 is 2.00 bits per heavy atom. The van der Waals surface area contributed by atoms with Crippen molar-refractivity contribution in [3.63, 3.8) is 0 Å². The van der Waals surface area contributed by atoms with Crippen LogP contribution in [0, 0.1) is 5.92 Å². The largest absolute Gasteiger partial charge is 0.347 e. The predicted molar refractivity (Wildman–Crippen MR) is 72.1 cm³/mol. The van der Waals surface area contributed by atoms with Gasteiger partial charge >= 0.3 is 0 Å². The van der Waals surface area contributed by atoms with Crippen LogP contribution >= 0.6 is 23.1 Å². The highest BCUT2D eigenvalue weighted by Crippen LogP contribution is 2.40. The Balaban J connectivity index is 1.61. The van der Waals surface area contributed by atoms with Gasteiger partial charge in [0.1, 0.15) is 5.82 Å². The summed E-state index contributed by atoms with van der Waals surface area (Å²) in [5.41, 5.74) is 0. The molecule has 0 aromatic carbocycles. The molecule has 0 radical (unpaired) electrons. The Morgan fingerprint density at radius 1 is 1.29 bits per heavy atom. The highest BCUT2D eigenvalue weighted by Gasteiger charge is 2.30. The molecule has 1 aliphatic heterocycles. The minimum Gasteiger partial charge on any atom is -0.347 e. The van der Waals surface area contributed by atoms with Crippen molar-refractivity contribution in [1.82, 2.24) is 9.36 Å². The lowest BCUT2D eigenvalue weighted by Gasteiger charge is -2.32. The van der Waals surface area contributed by atoms with Crippen LogP contribution < -0.4 is 4.90 Å². The van der Waals surface area contributed by atoms with Crippen molar-refractivity contribution < 1.29 is 0 Å². The van der Waals surface area contributed by atoms with Gasteiger partial charge in [0.05, 0.1) is 0 Å². The van der Waals surface area contributed by atoms with Crippen molar-refractivity contribution in [1.29, 1.82) is 0 Å². The molecule has 0 bridgehead atoms. The number of hydrogen-bond acceptors (Lipinski definition) is 4. The highest BCUT2D eigenvalue weighted by molar-refractivity contribution is 7.09. The summed E-state index contributed by atoms with van der Waals surface area (Å²) < 4.78 is 4.47. The van der Waals surface area contributed by atoms with E-state index in [-0.39, 0.29) is 0 Å². The topological polar surface area (TPSA) is 29.0 Å². The summed E-state index contributed by atoms with van der Waals surface area (Å²) in [5, 5.41) is 1.42. The molecule has 3 nitrogen and oxygen atoms in total. The zero-order valence-corrected chi connectivity index (χ0v) is 11.7. The molecule has 0 N–H and O–H groups in total. The van der Waals surface area contributed by atoms with Gasteiger partial charge in [0.25, 0.3) is 0 Å². The highest BCUT2D eigenvalue weighted by atomic mass is 35.5. The zero-order valence-electron chi connectivity index (χ0n) is 10.1. The third-order valence-electron chi connectivity index (χ3n) is 3.83. The monoisotopic (exact) mass is 271 g/mol. The van der Waals surface area contributed by atoms with Crippen molar-refractivity contribution in [3.8, 4) is 0 Å². The number of rotatable bonds is 3. The molecule has 1 saturated heterocycles. The average molecular weight is 272 g/mol. The summed E-state index contributed by atoms with van der Waals surface area (Å²) in [6, 6.07) is 0. The first kappa shape index (κ1) is 11.7. The summed E-state index contributed by atoms with van der Waals surface area (Å²) in [6.07, 6.45) is 4.93. The number of hydrogen-bond donors (Lipinski definition) is 0. The van der Waals surface area contributed by atoms with Crippen LogP contribution in [0.25, 0.3) is 0 Å². The SMILES string of the molecule is CC(Cl)C1CCN(c2nc(C3CC3)ns2)CC1. The molecule has 2 heterocycles. The Labute approximate surface area is 111 Å². The molecule has 1 saturated carbocycles. The molecule has 1 aliphatic carbocycles. The summed E-state index contributed by atoms with van der Waals surface area (Å²) >= 11 is 7.73. The first-order valence-corrected chi connectivity index (χ1v) is 7.67. The number of anilines is 1. The van der Waals surface area contributed by atoms with Crippen molar-refractivity contribution in [2.75, 3.05) is 18.0 Å². The van der Waals surface area contributed by atoms with E-state index in [4.69, 9.17) is 11.6 Å². The average Bonchev–Trinajstić information content (AvgIpc) is 3.07. The molecule has 1 atom stereocenters. The Kier molecular flexibility index (Phi) is 3.26. The van der Waals surface area contributed by atoms with Gasteiger partial charge in [-0.2, -0.15) is 4.37 Å². The van der Waals surface area contributed by atoms with E-state index in [1.807, 2.05) is 0 Å². The van der Waals surface area contributed by atoms with Crippen LogP contribution in [0.2, 0.25) is 0 Å². The summed E-state index contributed by atoms with van der Waals surface area (Å²) in [4.78, 5) is 7.04. The lowest BCUT2D eigenvalue weighted by molar-refractivity contribution is 0.400. The molecule has 94 valence electrons. The van der Waals surface area contributed by atoms with E-state index in [1.165, 1.54) is 25.7 Å². The normalized spacial score (nSPS) is 24.0. The van der Waals surface area contributed by atoms with Crippen molar-refractivity contribution in [2.24, 2.45) is 5.92 Å². The summed E-state index contributed by atoms with van der Waals surface area (Å²) in [5.74, 6) is 2.42. The second kappa shape index (κ2) is 4.73. The fraction of sp³-hybridized carbons (Fsp3) is 0.833. The van der Waals surface area contributed by atoms with Gasteiger partial charge in [-0.25, -0.2) is 4.98 Å². The second-order valence-corrected chi connectivity index (χ2v) is 6.63. The molecular weight excluding hydrogens is 254 g/mol. The molecule has 1 aromatic rings. The lowest BCUT2D eigenvalue weighted by Crippen LogP contribution is -2.35. The molecule has 3 rings (SSSR count). The van der Waals surface area contributed by atoms with E-state index in [2.05, 4.69) is 21.2 Å². The van der Waals surface area contributed by atoms with Gasteiger partial charge in [-0.1, -0.05) is 0 Å². The van der Waals surface area contributed by atoms with Crippen molar-refractivity contribution in [2.45, 2.75) is 43.9 Å². The van der Waals surface area contributed by atoms with Crippen LogP contribution in [-0.2, 0) is 0 Å². The predicted octanol–water partition coefficient (Wildman–Crippen LogP) is 3.26. The third kappa shape index (κ3) is 2.58. The Hall–Kier alpha value is -0.350. The second-order valence-electron chi connectivity index (χ2n) is 5.21. The van der Waals surface area contributed by atoms with Gasteiger partial charge in [0.15, 0.2) is 0 Å². The van der Waals surface area contributed by atoms with Gasteiger partial charge in [-0.3, -0.25) is 0 Å². The van der Waals surface area contributed by atoms with E-state index in [1.54, 1.807) is 11.5 Å². The van der Waals surface area contributed by atoms with Gasteiger partial charge in [0, 0.05) is 35.9 Å². The smallest absolute Gasteiger partial charge is 0.205 e. The molecule has 2 aliphatic rings. The number of halogens is 1. The van der Waals surface area contributed by atoms with E-state index in [0.717, 1.165) is 24.0 Å². The number of piperidine rings is 1. The Bertz CT molecular complexity index is 381. The maximum Gasteiger partial charge on any atom is 0.205 e. The zero-order chi connectivity index (χ0) is 11.8. The first-order chi connectivity index (χ1) is 8.24. The minimum atomic E-state index is 0.300. The van der Waals surface area contributed by atoms with Gasteiger partial charge in [0.2, 0.25) is 5.13 Å². The molecule has 2 fully saturated rings. The lowest BCUT2D eigenvalue weighted by atomic mass is 9.94. The van der Waals surface area contributed by atoms with Crippen LogP contribution in [0.15, 0.2) is 0 Å². The van der Waals surface area contributed by atoms with Crippen LogP contribution in [0.1, 0.15) is 44.3 Å². The fourth-order valence-electron chi connectivity index (χ4n) is 2.41. The molecule has 1 unspecified atom stereocenters. The van der Waals surface area contributed by atoms with Crippen LogP contribution in [0.4, 0.5) is 5.13 Å². The molecule has 5 heteroatoms. The van der Waals surface area contributed by atoms with Gasteiger partial charge in [-0.05, 0) is 38.5 Å². The van der Waals surface area contributed by atoms with E-state index < -0.39 is 0 Å². The molecule has 17 heavy (non-hydrogen) atoms. The summed E-state index contributed by atoms with van der Waals surface area (Å²) in [7, 11) is 0. The Morgan fingerprint density at radius 3 is 2.59 bits per heavy atom. The van der Waals surface area contributed by atoms with Crippen LogP contribution in [0.3, 0.4) is 0 Å². The third-order valence-corrected chi connectivity index (χ3v) is 4.98. The van der Waals surface area contributed by atoms with Gasteiger partial charge < -0.3 is 4.90 Å². The molecular formula is C12H18ClN3S. The number of aromatic nitrogens is 2. The first-order valence-electron chi connectivity index (χ1n) is 6.46. The van der Waals surface area contributed by atoms with Crippen molar-refractivity contribution >= 4 is 28.3 Å². The van der Waals surface area contributed by atoms with Crippen molar-refractivity contribution in [3.05, 3.63) is 5.82 Å². The van der Waals surface area contributed by atoms with Gasteiger partial charge in [-0.15, -0.1) is 11.6 Å². The maximum absolute atomic E-state index is 6.16. The molecule has 0 amide bonds. The van der Waals surface area contributed by atoms with Crippen LogP contribution in [0.5, 0.6) is 0 Å².